The molecule has 2 aromatic heterocycles. The van der Waals surface area contributed by atoms with Crippen LogP contribution in [0, 0.1) is 0 Å². The van der Waals surface area contributed by atoms with E-state index in [1.165, 1.54) is 6.42 Å². The summed E-state index contributed by atoms with van der Waals surface area (Å²) in [6, 6.07) is 1.78. The Morgan fingerprint density at radius 3 is 2.88 bits per heavy atom. The summed E-state index contributed by atoms with van der Waals surface area (Å²) in [4.78, 5) is 8.37. The van der Waals surface area contributed by atoms with Crippen LogP contribution in [0.2, 0.25) is 0 Å². The minimum absolute atomic E-state index is 0.478. The van der Waals surface area contributed by atoms with Crippen LogP contribution in [0.3, 0.4) is 0 Å². The maximum atomic E-state index is 5.65. The smallest absolute Gasteiger partial charge is 0.259 e. The van der Waals surface area contributed by atoms with Crippen molar-refractivity contribution in [2.45, 2.75) is 25.2 Å². The molecule has 0 unspecified atom stereocenters. The first kappa shape index (κ1) is 9.33. The quantitative estimate of drug-likeness (QED) is 0.830. The molecule has 0 bridgehead atoms. The summed E-state index contributed by atoms with van der Waals surface area (Å²) in [5, 5.41) is 3.99. The summed E-state index contributed by atoms with van der Waals surface area (Å²) in [7, 11) is 0. The van der Waals surface area contributed by atoms with E-state index in [0.29, 0.717) is 17.5 Å². The molecule has 0 atom stereocenters. The first-order valence-corrected chi connectivity index (χ1v) is 5.37. The van der Waals surface area contributed by atoms with E-state index in [4.69, 9.17) is 10.3 Å². The van der Waals surface area contributed by atoms with Gasteiger partial charge < -0.3 is 10.3 Å². The van der Waals surface area contributed by atoms with E-state index in [1.54, 1.807) is 18.5 Å². The SMILES string of the molecule is Nc1cncc(-c2nc(C3CCC3)no2)c1. The van der Waals surface area contributed by atoms with Gasteiger partial charge in [-0.3, -0.25) is 4.98 Å². The lowest BCUT2D eigenvalue weighted by Crippen LogP contribution is -2.10. The largest absolute Gasteiger partial charge is 0.397 e. The molecule has 0 aromatic carbocycles. The second-order valence-corrected chi connectivity index (χ2v) is 4.09. The number of aromatic nitrogens is 3. The van der Waals surface area contributed by atoms with Gasteiger partial charge in [0.15, 0.2) is 5.82 Å². The lowest BCUT2D eigenvalue weighted by Gasteiger charge is -2.20. The standard InChI is InChI=1S/C11H12N4O/c12-9-4-8(5-13-6-9)11-14-10(15-16-11)7-2-1-3-7/h4-7H,1-3,12H2. The Labute approximate surface area is 92.7 Å². The second-order valence-electron chi connectivity index (χ2n) is 4.09. The zero-order valence-corrected chi connectivity index (χ0v) is 8.76. The Morgan fingerprint density at radius 1 is 1.31 bits per heavy atom. The number of nitrogens with two attached hydrogens (primary N) is 1. The molecule has 0 spiro atoms. The molecule has 1 aliphatic carbocycles. The third kappa shape index (κ3) is 1.54. The number of hydrogen-bond donors (Lipinski definition) is 1. The van der Waals surface area contributed by atoms with Crippen molar-refractivity contribution < 1.29 is 4.52 Å². The molecule has 3 rings (SSSR count). The fourth-order valence-electron chi connectivity index (χ4n) is 1.76. The maximum absolute atomic E-state index is 5.65. The summed E-state index contributed by atoms with van der Waals surface area (Å²) in [5.41, 5.74) is 7.02. The molecular weight excluding hydrogens is 204 g/mol. The van der Waals surface area contributed by atoms with Crippen LogP contribution in [0.25, 0.3) is 11.5 Å². The highest BCUT2D eigenvalue weighted by atomic mass is 16.5. The third-order valence-electron chi connectivity index (χ3n) is 2.92. The molecule has 2 heterocycles. The van der Waals surface area contributed by atoms with Gasteiger partial charge >= 0.3 is 0 Å². The summed E-state index contributed by atoms with van der Waals surface area (Å²) >= 11 is 0. The van der Waals surface area contributed by atoms with E-state index >= 15 is 0 Å². The van der Waals surface area contributed by atoms with E-state index < -0.39 is 0 Å². The van der Waals surface area contributed by atoms with E-state index in [-0.39, 0.29) is 0 Å². The predicted molar refractivity (Wildman–Crippen MR) is 58.5 cm³/mol. The molecule has 1 fully saturated rings. The van der Waals surface area contributed by atoms with E-state index in [2.05, 4.69) is 15.1 Å². The highest BCUT2D eigenvalue weighted by Crippen LogP contribution is 2.35. The highest BCUT2D eigenvalue weighted by Gasteiger charge is 2.24. The molecule has 2 N–H and O–H groups in total. The molecule has 0 amide bonds. The van der Waals surface area contributed by atoms with Gasteiger partial charge in [0, 0.05) is 18.3 Å². The Morgan fingerprint density at radius 2 is 2.19 bits per heavy atom. The van der Waals surface area contributed by atoms with Crippen molar-refractivity contribution in [1.29, 1.82) is 0 Å². The maximum Gasteiger partial charge on any atom is 0.259 e. The molecule has 0 aliphatic heterocycles. The van der Waals surface area contributed by atoms with Crippen molar-refractivity contribution in [2.24, 2.45) is 0 Å². The van der Waals surface area contributed by atoms with E-state index in [9.17, 15) is 0 Å². The lowest BCUT2D eigenvalue weighted by atomic mass is 9.85. The summed E-state index contributed by atoms with van der Waals surface area (Å²) in [6.45, 7) is 0. The van der Waals surface area contributed by atoms with Crippen molar-refractivity contribution in [2.75, 3.05) is 5.73 Å². The van der Waals surface area contributed by atoms with Gasteiger partial charge in [0.2, 0.25) is 0 Å². The van der Waals surface area contributed by atoms with Gasteiger partial charge in [0.1, 0.15) is 0 Å². The summed E-state index contributed by atoms with van der Waals surface area (Å²) in [6.07, 6.45) is 6.85. The number of anilines is 1. The average molecular weight is 216 g/mol. The van der Waals surface area contributed by atoms with Gasteiger partial charge in [-0.15, -0.1) is 0 Å². The zero-order valence-electron chi connectivity index (χ0n) is 8.76. The summed E-state index contributed by atoms with van der Waals surface area (Å²) in [5.74, 6) is 1.79. The Balaban J connectivity index is 1.91. The van der Waals surface area contributed by atoms with Crippen LogP contribution in [0.1, 0.15) is 31.0 Å². The Kier molecular flexibility index (Phi) is 2.09. The Bertz CT molecular complexity index is 504. The fraction of sp³-hybridized carbons (Fsp3) is 0.364. The number of nitrogen functional groups attached to an aromatic ring is 1. The molecular formula is C11H12N4O. The number of rotatable bonds is 2. The molecule has 5 nitrogen and oxygen atoms in total. The van der Waals surface area contributed by atoms with Gasteiger partial charge in [0.05, 0.1) is 11.3 Å². The van der Waals surface area contributed by atoms with Gasteiger partial charge in [-0.1, -0.05) is 11.6 Å². The predicted octanol–water partition coefficient (Wildman–Crippen LogP) is 1.98. The molecule has 16 heavy (non-hydrogen) atoms. The normalized spacial score (nSPS) is 16.0. The van der Waals surface area contributed by atoms with E-state index in [0.717, 1.165) is 24.2 Å². The lowest BCUT2D eigenvalue weighted by molar-refractivity contribution is 0.366. The second kappa shape index (κ2) is 3.59. The van der Waals surface area contributed by atoms with Gasteiger partial charge in [-0.05, 0) is 18.9 Å². The van der Waals surface area contributed by atoms with Gasteiger partial charge in [0.25, 0.3) is 5.89 Å². The molecule has 2 aromatic rings. The van der Waals surface area contributed by atoms with Crippen molar-refractivity contribution in [3.63, 3.8) is 0 Å². The third-order valence-corrected chi connectivity index (χ3v) is 2.92. The van der Waals surface area contributed by atoms with Crippen LogP contribution in [0.15, 0.2) is 23.0 Å². The van der Waals surface area contributed by atoms with Crippen LogP contribution >= 0.6 is 0 Å². The van der Waals surface area contributed by atoms with Crippen molar-refractivity contribution >= 4 is 5.69 Å². The van der Waals surface area contributed by atoms with Crippen LogP contribution < -0.4 is 5.73 Å². The Hall–Kier alpha value is -1.91. The molecule has 0 radical (unpaired) electrons. The van der Waals surface area contributed by atoms with Crippen molar-refractivity contribution in [3.05, 3.63) is 24.3 Å². The van der Waals surface area contributed by atoms with Gasteiger partial charge in [-0.2, -0.15) is 4.98 Å². The fourth-order valence-corrected chi connectivity index (χ4v) is 1.76. The first-order chi connectivity index (χ1) is 7.83. The average Bonchev–Trinajstić information content (AvgIpc) is 2.64. The number of nitrogens with zero attached hydrogens (tertiary/aromatic N) is 3. The molecule has 1 aliphatic rings. The first-order valence-electron chi connectivity index (χ1n) is 5.37. The molecule has 0 saturated heterocycles. The van der Waals surface area contributed by atoms with E-state index in [1.807, 2.05) is 0 Å². The van der Waals surface area contributed by atoms with Crippen LogP contribution in [-0.2, 0) is 0 Å². The van der Waals surface area contributed by atoms with Crippen LogP contribution in [0.4, 0.5) is 5.69 Å². The zero-order chi connectivity index (χ0) is 11.0. The highest BCUT2D eigenvalue weighted by molar-refractivity contribution is 5.57. The minimum atomic E-state index is 0.478. The van der Waals surface area contributed by atoms with Gasteiger partial charge in [-0.25, -0.2) is 0 Å². The monoisotopic (exact) mass is 216 g/mol. The molecule has 1 saturated carbocycles. The molecule has 82 valence electrons. The molecule has 5 heteroatoms. The topological polar surface area (TPSA) is 77.8 Å². The van der Waals surface area contributed by atoms with Crippen molar-refractivity contribution in [3.8, 4) is 11.5 Å². The van der Waals surface area contributed by atoms with Crippen molar-refractivity contribution in [1.82, 2.24) is 15.1 Å². The minimum Gasteiger partial charge on any atom is -0.397 e. The summed E-state index contributed by atoms with van der Waals surface area (Å²) < 4.78 is 5.21. The van der Waals surface area contributed by atoms with Crippen LogP contribution in [-0.4, -0.2) is 15.1 Å². The number of pyridine rings is 1. The number of hydrogen-bond acceptors (Lipinski definition) is 5. The van der Waals surface area contributed by atoms with Crippen LogP contribution in [0.5, 0.6) is 0 Å².